The second-order valence-corrected chi connectivity index (χ2v) is 1.97. The van der Waals surface area contributed by atoms with Crippen molar-refractivity contribution in [2.45, 2.75) is 0 Å². The van der Waals surface area contributed by atoms with Gasteiger partial charge in [0.15, 0.2) is 5.82 Å². The molecule has 0 radical (unpaired) electrons. The number of nitrogen functional groups attached to an aromatic ring is 1. The number of nitrogens with zero attached hydrogens (tertiary/aromatic N) is 3. The van der Waals surface area contributed by atoms with Crippen LogP contribution in [0, 0.1) is 0 Å². The second kappa shape index (κ2) is 3.52. The lowest BCUT2D eigenvalue weighted by Crippen LogP contribution is -2.16. The summed E-state index contributed by atoms with van der Waals surface area (Å²) in [6.07, 6.45) is 0. The van der Waals surface area contributed by atoms with Crippen LogP contribution in [0.25, 0.3) is 0 Å². The summed E-state index contributed by atoms with van der Waals surface area (Å²) in [5, 5.41) is 17.6. The van der Waals surface area contributed by atoms with Gasteiger partial charge in [0.1, 0.15) is 7.11 Å². The Kier molecular flexibility index (Phi) is 2.43. The van der Waals surface area contributed by atoms with Gasteiger partial charge in [0, 0.05) is 0 Å². The summed E-state index contributed by atoms with van der Waals surface area (Å²) in [6, 6.07) is 0. The van der Waals surface area contributed by atoms with Crippen LogP contribution >= 0.6 is 0 Å². The minimum Gasteiger partial charge on any atom is -0.476 e. The van der Waals surface area contributed by atoms with Gasteiger partial charge in [-0.3, -0.25) is 5.10 Å². The van der Waals surface area contributed by atoms with E-state index in [0.29, 0.717) is 0 Å². The number of nitrogens with two attached hydrogens (primary N) is 1. The fourth-order valence-corrected chi connectivity index (χ4v) is 0.656. The van der Waals surface area contributed by atoms with Gasteiger partial charge in [-0.15, -0.1) is 5.10 Å². The molecular formula is C5H7N5O3. The number of carbonyl (C=O) groups is 1. The molecule has 1 aromatic rings. The number of nitrogens with one attached hydrogen (secondary N) is 1. The van der Waals surface area contributed by atoms with Crippen LogP contribution in [-0.4, -0.2) is 39.1 Å². The number of hydrogen-bond acceptors (Lipinski definition) is 6. The summed E-state index contributed by atoms with van der Waals surface area (Å²) in [4.78, 5) is 18.4. The largest absolute Gasteiger partial charge is 0.476 e. The molecule has 0 saturated heterocycles. The molecular weight excluding hydrogens is 178 g/mol. The van der Waals surface area contributed by atoms with Crippen molar-refractivity contribution in [3.63, 3.8) is 0 Å². The van der Waals surface area contributed by atoms with E-state index in [2.05, 4.69) is 25.2 Å². The predicted octanol–water partition coefficient (Wildman–Crippen LogP) is -1.18. The Balaban J connectivity index is 3.02. The minimum atomic E-state index is -1.28. The Bertz CT molecular complexity index is 344. The smallest absolute Gasteiger partial charge is 0.361 e. The summed E-state index contributed by atoms with van der Waals surface area (Å²) >= 11 is 0. The van der Waals surface area contributed by atoms with Gasteiger partial charge in [-0.1, -0.05) is 5.16 Å². The molecule has 0 spiro atoms. The number of hydrogen-bond donors (Lipinski definition) is 3. The average Bonchev–Trinajstić information content (AvgIpc) is 2.46. The first kappa shape index (κ1) is 8.97. The Morgan fingerprint density at radius 1 is 1.77 bits per heavy atom. The molecule has 1 heterocycles. The number of carboxylic acids is 1. The molecule has 1 aromatic heterocycles. The summed E-state index contributed by atoms with van der Waals surface area (Å²) in [6.45, 7) is 0. The lowest BCUT2D eigenvalue weighted by molar-refractivity contribution is -0.129. The van der Waals surface area contributed by atoms with Crippen molar-refractivity contribution >= 4 is 17.6 Å². The van der Waals surface area contributed by atoms with Crippen molar-refractivity contribution in [3.8, 4) is 0 Å². The molecule has 8 nitrogen and oxygen atoms in total. The second-order valence-electron chi connectivity index (χ2n) is 1.97. The van der Waals surface area contributed by atoms with Gasteiger partial charge in [0.05, 0.1) is 0 Å². The van der Waals surface area contributed by atoms with E-state index in [1.165, 1.54) is 7.11 Å². The van der Waals surface area contributed by atoms with E-state index < -0.39 is 5.97 Å². The first-order chi connectivity index (χ1) is 6.15. The lowest BCUT2D eigenvalue weighted by Gasteiger charge is -1.93. The highest BCUT2D eigenvalue weighted by molar-refractivity contribution is 6.41. The topological polar surface area (TPSA) is 126 Å². The van der Waals surface area contributed by atoms with Gasteiger partial charge in [-0.2, -0.15) is 4.98 Å². The molecule has 0 amide bonds. The average molecular weight is 185 g/mol. The quantitative estimate of drug-likeness (QED) is 0.402. The molecule has 70 valence electrons. The Labute approximate surface area is 72.4 Å². The zero-order chi connectivity index (χ0) is 9.84. The van der Waals surface area contributed by atoms with Gasteiger partial charge in [-0.05, 0) is 0 Å². The van der Waals surface area contributed by atoms with E-state index in [-0.39, 0.29) is 17.5 Å². The first-order valence-electron chi connectivity index (χ1n) is 3.18. The van der Waals surface area contributed by atoms with Crippen LogP contribution in [-0.2, 0) is 9.63 Å². The highest BCUT2D eigenvalue weighted by atomic mass is 16.6. The van der Waals surface area contributed by atoms with Crippen molar-refractivity contribution in [3.05, 3.63) is 5.82 Å². The molecule has 1 rings (SSSR count). The van der Waals surface area contributed by atoms with Crippen molar-refractivity contribution in [1.82, 2.24) is 15.2 Å². The van der Waals surface area contributed by atoms with Gasteiger partial charge >= 0.3 is 5.97 Å². The van der Waals surface area contributed by atoms with Gasteiger partial charge in [0.2, 0.25) is 11.7 Å². The molecule has 8 heteroatoms. The molecule has 4 N–H and O–H groups in total. The number of H-pyrrole nitrogens is 1. The highest BCUT2D eigenvalue weighted by Crippen LogP contribution is 1.96. The Hall–Kier alpha value is -2.12. The third kappa shape index (κ3) is 1.92. The number of anilines is 1. The van der Waals surface area contributed by atoms with Crippen LogP contribution in [0.3, 0.4) is 0 Å². The molecule has 0 saturated carbocycles. The molecule has 0 atom stereocenters. The van der Waals surface area contributed by atoms with Crippen molar-refractivity contribution < 1.29 is 14.7 Å². The van der Waals surface area contributed by atoms with E-state index in [1.54, 1.807) is 0 Å². The molecule has 0 aliphatic heterocycles. The summed E-state index contributed by atoms with van der Waals surface area (Å²) in [5.74, 6) is -1.38. The first-order valence-corrected chi connectivity index (χ1v) is 3.18. The lowest BCUT2D eigenvalue weighted by atomic mass is 10.4. The van der Waals surface area contributed by atoms with E-state index in [9.17, 15) is 4.79 Å². The van der Waals surface area contributed by atoms with Crippen LogP contribution < -0.4 is 5.73 Å². The molecule has 0 aliphatic carbocycles. The van der Waals surface area contributed by atoms with Crippen molar-refractivity contribution in [2.24, 2.45) is 5.16 Å². The van der Waals surface area contributed by atoms with E-state index in [0.717, 1.165) is 0 Å². The molecule has 0 fully saturated rings. The molecule has 13 heavy (non-hydrogen) atoms. The maximum absolute atomic E-state index is 10.6. The fourth-order valence-electron chi connectivity index (χ4n) is 0.656. The Morgan fingerprint density at radius 2 is 2.46 bits per heavy atom. The standard InChI is InChI=1S/C5H7N5O3/c1-13-10-2(4(11)12)3-7-5(6)9-8-3/h1H3,(H,11,12)(H3,6,7,8,9)/b10-2-. The number of rotatable bonds is 3. The summed E-state index contributed by atoms with van der Waals surface area (Å²) in [7, 11) is 1.22. The van der Waals surface area contributed by atoms with Gasteiger partial charge in [-0.25, -0.2) is 4.79 Å². The third-order valence-corrected chi connectivity index (χ3v) is 1.11. The number of carboxylic acid groups (broad SMARTS) is 1. The normalized spacial score (nSPS) is 11.3. The molecule has 0 aliphatic rings. The van der Waals surface area contributed by atoms with Crippen LogP contribution in [0.4, 0.5) is 5.95 Å². The SMILES string of the molecule is CO/N=C(\C(=O)O)c1nc(N)n[nH]1. The fraction of sp³-hybridized carbons (Fsp3) is 0.200. The van der Waals surface area contributed by atoms with Crippen LogP contribution in [0.1, 0.15) is 5.82 Å². The maximum atomic E-state index is 10.6. The summed E-state index contributed by atoms with van der Waals surface area (Å²) < 4.78 is 0. The monoisotopic (exact) mass is 185 g/mol. The number of oxime groups is 1. The zero-order valence-electron chi connectivity index (χ0n) is 6.68. The molecule has 0 unspecified atom stereocenters. The van der Waals surface area contributed by atoms with Crippen molar-refractivity contribution in [1.29, 1.82) is 0 Å². The van der Waals surface area contributed by atoms with Crippen LogP contribution in [0.5, 0.6) is 0 Å². The van der Waals surface area contributed by atoms with E-state index >= 15 is 0 Å². The van der Waals surface area contributed by atoms with Crippen molar-refractivity contribution in [2.75, 3.05) is 12.8 Å². The minimum absolute atomic E-state index is 0.0492. The summed E-state index contributed by atoms with van der Waals surface area (Å²) in [5.41, 5.74) is 4.79. The van der Waals surface area contributed by atoms with Gasteiger partial charge in [0.25, 0.3) is 0 Å². The highest BCUT2D eigenvalue weighted by Gasteiger charge is 2.17. The molecule has 0 bridgehead atoms. The predicted molar refractivity (Wildman–Crippen MR) is 42.0 cm³/mol. The van der Waals surface area contributed by atoms with Crippen LogP contribution in [0.2, 0.25) is 0 Å². The van der Waals surface area contributed by atoms with E-state index in [4.69, 9.17) is 10.8 Å². The van der Waals surface area contributed by atoms with Gasteiger partial charge < -0.3 is 15.7 Å². The number of aromatic nitrogens is 3. The van der Waals surface area contributed by atoms with E-state index in [1.807, 2.05) is 0 Å². The van der Waals surface area contributed by atoms with Crippen LogP contribution in [0.15, 0.2) is 5.16 Å². The number of aromatic amines is 1. The zero-order valence-corrected chi connectivity index (χ0v) is 6.68. The number of aliphatic carboxylic acids is 1. The molecule has 0 aromatic carbocycles. The maximum Gasteiger partial charge on any atom is 0.361 e. The third-order valence-electron chi connectivity index (χ3n) is 1.11. The Morgan fingerprint density at radius 3 is 2.85 bits per heavy atom.